The summed E-state index contributed by atoms with van der Waals surface area (Å²) in [6.45, 7) is 2.64. The van der Waals surface area contributed by atoms with Crippen LogP contribution in [0.1, 0.15) is 13.8 Å². The zero-order valence-electron chi connectivity index (χ0n) is 34.0. The minimum absolute atomic E-state index is 0. The van der Waals surface area contributed by atoms with Gasteiger partial charge in [0.2, 0.25) is 11.8 Å². The molecular weight excluding hydrogens is 887 g/mol. The van der Waals surface area contributed by atoms with Gasteiger partial charge >= 0.3 is 59.1 Å². The molecule has 0 aliphatic heterocycles. The number of nitrogens with one attached hydrogen (secondary N) is 2. The summed E-state index contributed by atoms with van der Waals surface area (Å²) in [7, 11) is -2.37. The Morgan fingerprint density at radius 1 is 0.698 bits per heavy atom. The second-order valence-electron chi connectivity index (χ2n) is 12.8. The van der Waals surface area contributed by atoms with Crippen LogP contribution in [0.4, 0.5) is 34.1 Å². The minimum atomic E-state index is -5.13. The van der Waals surface area contributed by atoms with Gasteiger partial charge in [0.15, 0.2) is 11.5 Å². The van der Waals surface area contributed by atoms with E-state index in [1.54, 1.807) is 48.5 Å². The van der Waals surface area contributed by atoms with Gasteiger partial charge in [0.1, 0.15) is 55.7 Å². The van der Waals surface area contributed by atoms with Crippen molar-refractivity contribution in [3.63, 3.8) is 0 Å². The van der Waals surface area contributed by atoms with E-state index in [-0.39, 0.29) is 121 Å². The molecule has 1 heterocycles. The van der Waals surface area contributed by atoms with E-state index in [0.717, 1.165) is 6.07 Å². The molecule has 7 rings (SSSR count). The van der Waals surface area contributed by atoms with Gasteiger partial charge in [0.25, 0.3) is 0 Å². The molecule has 6 aromatic carbocycles. The van der Waals surface area contributed by atoms with Gasteiger partial charge in [-0.15, -0.1) is 20.5 Å². The summed E-state index contributed by atoms with van der Waals surface area (Å²) in [5, 5.41) is 59.3. The maximum atomic E-state index is 12.2. The predicted octanol–water partition coefficient (Wildman–Crippen LogP) is 1.49. The molecular formula is C38H30N8Na2O13S2. The van der Waals surface area contributed by atoms with Gasteiger partial charge in [0, 0.05) is 48.1 Å². The third-order valence-corrected chi connectivity index (χ3v) is 10.2. The number of carbonyl (C=O) groups is 2. The SMILES string of the molecule is COc1cc(-n2on2-c2ccc(N=Nc3c(S(=O)(=O)[O-])cc4ccc(NC(C)=O)cc4c3O)c(OC)c2)ccc1N=Nc1c(SOO[O-])cc2ccc(NC(C)=O)cc2c1O.[Na+].[Na+]. The summed E-state index contributed by atoms with van der Waals surface area (Å²) < 4.78 is 57.9. The molecule has 0 unspecified atom stereocenters. The Hall–Kier alpha value is -5.28. The summed E-state index contributed by atoms with van der Waals surface area (Å²) in [4.78, 5) is 25.3. The van der Waals surface area contributed by atoms with Crippen molar-refractivity contribution in [2.24, 2.45) is 20.5 Å². The number of methoxy groups -OCH3 is 2. The molecule has 0 fully saturated rings. The molecule has 0 radical (unpaired) electrons. The van der Waals surface area contributed by atoms with Crippen LogP contribution < -0.4 is 84.5 Å². The van der Waals surface area contributed by atoms with Crippen molar-refractivity contribution in [2.45, 2.75) is 23.6 Å². The van der Waals surface area contributed by atoms with Crippen LogP contribution >= 0.6 is 12.0 Å². The Bertz CT molecular complexity index is 3040. The molecule has 0 aliphatic rings. The monoisotopic (exact) mass is 916 g/mol. The molecule has 1 aromatic heterocycles. The van der Waals surface area contributed by atoms with Crippen molar-refractivity contribution in [1.29, 1.82) is 0 Å². The number of ether oxygens (including phenoxy) is 2. The number of fused-ring (bicyclic) bond motifs is 2. The fourth-order valence-electron chi connectivity index (χ4n) is 6.05. The maximum Gasteiger partial charge on any atom is 1.00 e. The Morgan fingerprint density at radius 2 is 1.17 bits per heavy atom. The van der Waals surface area contributed by atoms with Crippen LogP contribution in [0.5, 0.6) is 23.0 Å². The minimum Gasteiger partial charge on any atom is -0.744 e. The smallest absolute Gasteiger partial charge is 0.744 e. The van der Waals surface area contributed by atoms with E-state index in [9.17, 15) is 38.0 Å². The van der Waals surface area contributed by atoms with Crippen LogP contribution in [0.2, 0.25) is 0 Å². The Kier molecular flexibility index (Phi) is 15.8. The number of azo groups is 2. The number of carbonyl (C=O) groups excluding carboxylic acids is 2. The molecule has 0 bridgehead atoms. The molecule has 4 N–H and O–H groups in total. The molecule has 2 amide bonds. The summed E-state index contributed by atoms with van der Waals surface area (Å²) in [6.07, 6.45) is 0. The van der Waals surface area contributed by atoms with Gasteiger partial charge in [0.05, 0.1) is 36.1 Å². The van der Waals surface area contributed by atoms with E-state index in [1.807, 2.05) is 0 Å². The predicted molar refractivity (Wildman–Crippen MR) is 215 cm³/mol. The quantitative estimate of drug-likeness (QED) is 0.0300. The number of aromatic hydroxyl groups is 2. The first kappa shape index (κ1) is 48.7. The third kappa shape index (κ3) is 10.9. The number of rotatable bonds is 14. The molecule has 0 spiro atoms. The van der Waals surface area contributed by atoms with E-state index in [1.165, 1.54) is 68.1 Å². The number of hydrogen-bond donors (Lipinski definition) is 4. The Balaban J connectivity index is 0.00000374. The van der Waals surface area contributed by atoms with E-state index >= 15 is 0 Å². The summed E-state index contributed by atoms with van der Waals surface area (Å²) in [6, 6.07) is 21.2. The van der Waals surface area contributed by atoms with Crippen LogP contribution in [0.3, 0.4) is 0 Å². The van der Waals surface area contributed by atoms with Crippen molar-refractivity contribution in [1.82, 2.24) is 9.71 Å². The molecule has 0 atom stereocenters. The van der Waals surface area contributed by atoms with Gasteiger partial charge in [-0.3, -0.25) is 14.6 Å². The third-order valence-electron chi connectivity index (χ3n) is 8.75. The Morgan fingerprint density at radius 3 is 1.63 bits per heavy atom. The second-order valence-corrected chi connectivity index (χ2v) is 14.9. The van der Waals surface area contributed by atoms with Gasteiger partial charge < -0.3 is 40.1 Å². The number of phenolic OH excluding ortho intramolecular Hbond substituents is 2. The fraction of sp³-hybridized carbons (Fsp3) is 0.105. The van der Waals surface area contributed by atoms with Crippen LogP contribution in [-0.2, 0) is 29.1 Å². The first-order chi connectivity index (χ1) is 29.2. The van der Waals surface area contributed by atoms with Crippen LogP contribution in [0.15, 0.2) is 120 Å². The summed E-state index contributed by atoms with van der Waals surface area (Å²) in [5.74, 6) is -1.26. The number of anilines is 2. The van der Waals surface area contributed by atoms with E-state index < -0.39 is 26.5 Å². The van der Waals surface area contributed by atoms with Crippen molar-refractivity contribution in [2.75, 3.05) is 24.9 Å². The molecule has 0 saturated carbocycles. The van der Waals surface area contributed by atoms with Crippen molar-refractivity contribution >= 4 is 89.6 Å². The van der Waals surface area contributed by atoms with Gasteiger partial charge in [-0.2, -0.15) is 4.33 Å². The van der Waals surface area contributed by atoms with E-state index in [2.05, 4.69) is 40.5 Å². The Labute approximate surface area is 405 Å². The fourth-order valence-corrected chi connectivity index (χ4v) is 7.18. The normalized spacial score (nSPS) is 11.5. The van der Waals surface area contributed by atoms with E-state index in [4.69, 9.17) is 14.1 Å². The molecule has 0 saturated heterocycles. The summed E-state index contributed by atoms with van der Waals surface area (Å²) in [5.41, 5.74) is 1.31. The number of amides is 2. The second kappa shape index (κ2) is 20.5. The molecule has 7 aromatic rings. The molecule has 0 aliphatic carbocycles. The van der Waals surface area contributed by atoms with Crippen molar-refractivity contribution in [3.05, 3.63) is 84.9 Å². The number of nitrogens with zero attached hydrogens (tertiary/aromatic N) is 6. The standard InChI is InChI=1S/C38H32N8O13S2.2Na/c1-19(47)39-23-7-5-21-13-33(60-59-58-51)35(37(49)27(21)15-23)43-41-29-11-9-25(17-31(29)55-3)45-46(57-45)26-10-12-30(32(18-26)56-4)42-44-36-34(61(52,53)54)14-22-6-8-24(40-20(2)48)16-28(22)38(36)50;;/h5-18,49-51H,1-4H3,(H,39,47)(H,40,48)(H,52,53,54);;/q;2*+1/p-2. The largest absolute Gasteiger partial charge is 1.00 e. The summed E-state index contributed by atoms with van der Waals surface area (Å²) >= 11 is 0.505. The van der Waals surface area contributed by atoms with Crippen LogP contribution in [0.25, 0.3) is 32.9 Å². The average molecular weight is 917 g/mol. The molecule has 25 heteroatoms. The average Bonchev–Trinajstić information content (AvgIpc) is 4.03. The van der Waals surface area contributed by atoms with Crippen LogP contribution in [-0.4, -0.2) is 58.9 Å². The number of phenols is 2. The first-order valence-corrected chi connectivity index (χ1v) is 19.6. The molecule has 63 heavy (non-hydrogen) atoms. The van der Waals surface area contributed by atoms with Gasteiger partial charge in [-0.25, -0.2) is 13.0 Å². The molecule has 314 valence electrons. The van der Waals surface area contributed by atoms with Crippen molar-refractivity contribution < 1.29 is 121 Å². The number of aromatic nitrogens is 2. The zero-order valence-corrected chi connectivity index (χ0v) is 39.6. The number of hydrogen-bond acceptors (Lipinski definition) is 18. The first-order valence-electron chi connectivity index (χ1n) is 17.4. The van der Waals surface area contributed by atoms with Crippen molar-refractivity contribution in [3.8, 4) is 34.4 Å². The van der Waals surface area contributed by atoms with Crippen LogP contribution in [0, 0.1) is 0 Å². The molecule has 21 nitrogen and oxygen atoms in total. The zero-order chi connectivity index (χ0) is 43.6. The van der Waals surface area contributed by atoms with Gasteiger partial charge in [-0.05, 0) is 71.4 Å². The van der Waals surface area contributed by atoms with E-state index in [0.29, 0.717) is 45.6 Å². The maximum absolute atomic E-state index is 12.2. The number of benzene rings is 6. The van der Waals surface area contributed by atoms with Gasteiger partial charge in [-0.1, -0.05) is 21.8 Å². The topological polar surface area (TPSA) is 288 Å².